The van der Waals surface area contributed by atoms with E-state index in [1.54, 1.807) is 0 Å². The molecule has 0 aromatic carbocycles. The van der Waals surface area contributed by atoms with Gasteiger partial charge >= 0.3 is 0 Å². The SMILES string of the molecule is CN1CCC(N[C@@H]2CCCSC2)CC1. The number of likely N-dealkylation sites (tertiary alicyclic amines) is 1. The molecule has 0 amide bonds. The van der Waals surface area contributed by atoms with Crippen molar-refractivity contribution in [1.82, 2.24) is 10.2 Å². The molecule has 2 aliphatic heterocycles. The highest BCUT2D eigenvalue weighted by Crippen LogP contribution is 2.19. The van der Waals surface area contributed by atoms with Crippen LogP contribution in [-0.2, 0) is 0 Å². The molecule has 14 heavy (non-hydrogen) atoms. The molecule has 2 saturated heterocycles. The van der Waals surface area contributed by atoms with E-state index in [-0.39, 0.29) is 0 Å². The molecule has 0 aliphatic carbocycles. The van der Waals surface area contributed by atoms with Gasteiger partial charge in [0.15, 0.2) is 0 Å². The van der Waals surface area contributed by atoms with Gasteiger partial charge in [-0.2, -0.15) is 11.8 Å². The monoisotopic (exact) mass is 214 g/mol. The van der Waals surface area contributed by atoms with Crippen LogP contribution in [0, 0.1) is 0 Å². The number of piperidine rings is 1. The molecule has 0 aromatic rings. The maximum absolute atomic E-state index is 3.83. The third-order valence-corrected chi connectivity index (χ3v) is 4.57. The molecule has 0 unspecified atom stereocenters. The zero-order chi connectivity index (χ0) is 9.80. The summed E-state index contributed by atoms with van der Waals surface area (Å²) in [5.74, 6) is 2.72. The van der Waals surface area contributed by atoms with Crippen molar-refractivity contribution in [3.63, 3.8) is 0 Å². The summed E-state index contributed by atoms with van der Waals surface area (Å²) in [6, 6.07) is 1.61. The van der Waals surface area contributed by atoms with E-state index < -0.39 is 0 Å². The van der Waals surface area contributed by atoms with Gasteiger partial charge in [-0.3, -0.25) is 0 Å². The Morgan fingerprint density at radius 1 is 1.14 bits per heavy atom. The smallest absolute Gasteiger partial charge is 0.0161 e. The van der Waals surface area contributed by atoms with Crippen LogP contribution in [0.25, 0.3) is 0 Å². The zero-order valence-electron chi connectivity index (χ0n) is 9.17. The first-order chi connectivity index (χ1) is 6.84. The zero-order valence-corrected chi connectivity index (χ0v) is 9.98. The summed E-state index contributed by atoms with van der Waals surface area (Å²) in [6.45, 7) is 2.55. The van der Waals surface area contributed by atoms with Gasteiger partial charge in [-0.1, -0.05) is 0 Å². The van der Waals surface area contributed by atoms with E-state index in [2.05, 4.69) is 29.0 Å². The molecule has 82 valence electrons. The van der Waals surface area contributed by atoms with Crippen LogP contribution in [0.5, 0.6) is 0 Å². The van der Waals surface area contributed by atoms with E-state index in [1.165, 1.54) is 50.3 Å². The lowest BCUT2D eigenvalue weighted by atomic mass is 10.0. The third-order valence-electron chi connectivity index (χ3n) is 3.35. The lowest BCUT2D eigenvalue weighted by Crippen LogP contribution is -2.46. The second-order valence-corrected chi connectivity index (χ2v) is 5.81. The van der Waals surface area contributed by atoms with Gasteiger partial charge in [-0.25, -0.2) is 0 Å². The standard InChI is InChI=1S/C11H22N2S/c1-13-6-4-10(5-7-13)12-11-3-2-8-14-9-11/h10-12H,2-9H2,1H3/t11-/m1/s1. The lowest BCUT2D eigenvalue weighted by molar-refractivity contribution is 0.224. The molecule has 2 nitrogen and oxygen atoms in total. The molecule has 0 radical (unpaired) electrons. The Morgan fingerprint density at radius 3 is 2.57 bits per heavy atom. The highest BCUT2D eigenvalue weighted by Gasteiger charge is 2.21. The largest absolute Gasteiger partial charge is 0.310 e. The molecule has 2 rings (SSSR count). The molecule has 2 heterocycles. The van der Waals surface area contributed by atoms with Crippen molar-refractivity contribution in [2.75, 3.05) is 31.6 Å². The maximum Gasteiger partial charge on any atom is 0.0161 e. The Morgan fingerprint density at radius 2 is 1.93 bits per heavy atom. The fourth-order valence-corrected chi connectivity index (χ4v) is 3.47. The molecule has 2 aliphatic rings. The van der Waals surface area contributed by atoms with Crippen molar-refractivity contribution in [1.29, 1.82) is 0 Å². The summed E-state index contributed by atoms with van der Waals surface area (Å²) in [5, 5.41) is 3.83. The molecular formula is C11H22N2S. The van der Waals surface area contributed by atoms with E-state index in [1.807, 2.05) is 0 Å². The second-order valence-electron chi connectivity index (χ2n) is 4.66. The molecule has 0 spiro atoms. The Labute approximate surface area is 91.8 Å². The van der Waals surface area contributed by atoms with Crippen LogP contribution in [0.2, 0.25) is 0 Å². The minimum Gasteiger partial charge on any atom is -0.310 e. The first-order valence-electron chi connectivity index (χ1n) is 5.87. The van der Waals surface area contributed by atoms with Gasteiger partial charge in [0, 0.05) is 17.8 Å². The minimum atomic E-state index is 0.801. The average Bonchev–Trinajstić information content (AvgIpc) is 2.23. The van der Waals surface area contributed by atoms with Crippen molar-refractivity contribution in [2.24, 2.45) is 0 Å². The number of nitrogens with one attached hydrogen (secondary N) is 1. The molecule has 1 N–H and O–H groups in total. The van der Waals surface area contributed by atoms with E-state index >= 15 is 0 Å². The highest BCUT2D eigenvalue weighted by atomic mass is 32.2. The third kappa shape index (κ3) is 3.14. The summed E-state index contributed by atoms with van der Waals surface area (Å²) in [4.78, 5) is 2.44. The number of thioether (sulfide) groups is 1. The first kappa shape index (κ1) is 10.8. The van der Waals surface area contributed by atoms with Crippen molar-refractivity contribution in [3.8, 4) is 0 Å². The topological polar surface area (TPSA) is 15.3 Å². The summed E-state index contributed by atoms with van der Waals surface area (Å²) in [7, 11) is 2.23. The molecule has 3 heteroatoms. The minimum absolute atomic E-state index is 0.801. The quantitative estimate of drug-likeness (QED) is 0.751. The molecule has 0 aromatic heterocycles. The van der Waals surface area contributed by atoms with Crippen molar-refractivity contribution in [3.05, 3.63) is 0 Å². The van der Waals surface area contributed by atoms with Crippen molar-refractivity contribution < 1.29 is 0 Å². The second kappa shape index (κ2) is 5.38. The average molecular weight is 214 g/mol. The van der Waals surface area contributed by atoms with Crippen LogP contribution in [0.15, 0.2) is 0 Å². The lowest BCUT2D eigenvalue weighted by Gasteiger charge is -2.33. The van der Waals surface area contributed by atoms with E-state index in [9.17, 15) is 0 Å². The van der Waals surface area contributed by atoms with Gasteiger partial charge in [0.2, 0.25) is 0 Å². The first-order valence-corrected chi connectivity index (χ1v) is 7.02. The Hall–Kier alpha value is 0.270. The van der Waals surface area contributed by atoms with Gasteiger partial charge < -0.3 is 10.2 Å². The van der Waals surface area contributed by atoms with Crippen molar-refractivity contribution >= 4 is 11.8 Å². The van der Waals surface area contributed by atoms with Gasteiger partial charge in [0.25, 0.3) is 0 Å². The normalized spacial score (nSPS) is 31.9. The number of rotatable bonds is 2. The van der Waals surface area contributed by atoms with Crippen LogP contribution in [-0.4, -0.2) is 48.6 Å². The van der Waals surface area contributed by atoms with E-state index in [4.69, 9.17) is 0 Å². The van der Waals surface area contributed by atoms with Crippen LogP contribution in [0.3, 0.4) is 0 Å². The Bertz CT molecular complexity index is 161. The summed E-state index contributed by atoms with van der Waals surface area (Å²) in [6.07, 6.45) is 5.50. The van der Waals surface area contributed by atoms with Crippen LogP contribution in [0.1, 0.15) is 25.7 Å². The molecule has 2 fully saturated rings. The summed E-state index contributed by atoms with van der Waals surface area (Å²) >= 11 is 2.12. The summed E-state index contributed by atoms with van der Waals surface area (Å²) in [5.41, 5.74) is 0. The Kier molecular flexibility index (Phi) is 4.14. The van der Waals surface area contributed by atoms with E-state index in [0.717, 1.165) is 12.1 Å². The summed E-state index contributed by atoms with van der Waals surface area (Å²) < 4.78 is 0. The number of hydrogen-bond donors (Lipinski definition) is 1. The van der Waals surface area contributed by atoms with E-state index in [0.29, 0.717) is 0 Å². The van der Waals surface area contributed by atoms with Gasteiger partial charge in [0.05, 0.1) is 0 Å². The van der Waals surface area contributed by atoms with Crippen LogP contribution in [0.4, 0.5) is 0 Å². The van der Waals surface area contributed by atoms with Crippen molar-refractivity contribution in [2.45, 2.75) is 37.8 Å². The predicted octanol–water partition coefficient (Wildman–Crippen LogP) is 1.57. The highest BCUT2D eigenvalue weighted by molar-refractivity contribution is 7.99. The molecule has 0 saturated carbocycles. The molecule has 1 atom stereocenters. The van der Waals surface area contributed by atoms with Crippen LogP contribution < -0.4 is 5.32 Å². The number of hydrogen-bond acceptors (Lipinski definition) is 3. The van der Waals surface area contributed by atoms with Gasteiger partial charge in [-0.05, 0) is 51.6 Å². The fourth-order valence-electron chi connectivity index (χ4n) is 2.38. The van der Waals surface area contributed by atoms with Gasteiger partial charge in [-0.15, -0.1) is 0 Å². The molecular weight excluding hydrogens is 192 g/mol. The van der Waals surface area contributed by atoms with Gasteiger partial charge in [0.1, 0.15) is 0 Å². The Balaban J connectivity index is 1.68. The molecule has 0 bridgehead atoms. The van der Waals surface area contributed by atoms with Crippen LogP contribution >= 0.6 is 11.8 Å². The maximum atomic E-state index is 3.83. The number of nitrogens with zero attached hydrogens (tertiary/aromatic N) is 1. The fraction of sp³-hybridized carbons (Fsp3) is 1.00. The predicted molar refractivity (Wildman–Crippen MR) is 64.0 cm³/mol.